The van der Waals surface area contributed by atoms with Crippen molar-refractivity contribution in [1.82, 2.24) is 15.1 Å². The van der Waals surface area contributed by atoms with Crippen LogP contribution < -0.4 is 5.32 Å². The van der Waals surface area contributed by atoms with Crippen molar-refractivity contribution in [1.29, 1.82) is 0 Å². The lowest BCUT2D eigenvalue weighted by molar-refractivity contribution is -0.138. The summed E-state index contributed by atoms with van der Waals surface area (Å²) >= 11 is 0. The molecule has 146 valence electrons. The molecule has 1 saturated heterocycles. The van der Waals surface area contributed by atoms with Crippen molar-refractivity contribution >= 4 is 17.8 Å². The number of hydrogen-bond donors (Lipinski definition) is 1. The largest absolute Gasteiger partial charge is 0.340 e. The number of urea groups is 1. The molecule has 1 fully saturated rings. The molecular weight excluding hydrogens is 354 g/mol. The van der Waals surface area contributed by atoms with Gasteiger partial charge in [-0.3, -0.25) is 14.5 Å². The van der Waals surface area contributed by atoms with Gasteiger partial charge in [0.15, 0.2) is 0 Å². The van der Waals surface area contributed by atoms with Gasteiger partial charge in [0.1, 0.15) is 12.1 Å². The van der Waals surface area contributed by atoms with E-state index in [0.29, 0.717) is 12.1 Å². The highest BCUT2D eigenvalue weighted by Crippen LogP contribution is 2.29. The molecule has 3 rings (SSSR count). The maximum Gasteiger partial charge on any atom is 0.325 e. The maximum absolute atomic E-state index is 12.9. The number of carbonyl (C=O) groups excluding carboxylic acids is 3. The number of aryl methyl sites for hydroxylation is 2. The molecule has 6 heteroatoms. The molecule has 28 heavy (non-hydrogen) atoms. The van der Waals surface area contributed by atoms with E-state index in [0.717, 1.165) is 21.6 Å². The van der Waals surface area contributed by atoms with Gasteiger partial charge in [0.2, 0.25) is 5.91 Å². The Morgan fingerprint density at radius 2 is 1.54 bits per heavy atom. The van der Waals surface area contributed by atoms with Crippen molar-refractivity contribution in [3.05, 3.63) is 70.8 Å². The number of hydrogen-bond acceptors (Lipinski definition) is 3. The Hall–Kier alpha value is -3.15. The number of amides is 4. The first-order chi connectivity index (χ1) is 13.2. The molecule has 4 amide bonds. The molecule has 0 aromatic heterocycles. The zero-order valence-corrected chi connectivity index (χ0v) is 16.7. The third kappa shape index (κ3) is 3.76. The van der Waals surface area contributed by atoms with Crippen molar-refractivity contribution in [2.24, 2.45) is 0 Å². The molecule has 2 aromatic carbocycles. The summed E-state index contributed by atoms with van der Waals surface area (Å²) in [4.78, 5) is 40.5. The standard InChI is InChI=1S/C22H25N3O3/c1-15-5-9-17(10-6-15)13-24(4)19(26)14-25-20(27)22(3,23-21(25)28)18-11-7-16(2)8-12-18/h5-12H,13-14H2,1-4H3,(H,23,28)/t22-/m1/s1. The topological polar surface area (TPSA) is 69.7 Å². The number of imide groups is 1. The number of carbonyl (C=O) groups is 3. The summed E-state index contributed by atoms with van der Waals surface area (Å²) < 4.78 is 0. The first-order valence-electron chi connectivity index (χ1n) is 9.21. The van der Waals surface area contributed by atoms with Gasteiger partial charge in [-0.15, -0.1) is 0 Å². The second kappa shape index (κ2) is 7.46. The van der Waals surface area contributed by atoms with Gasteiger partial charge in [-0.05, 0) is 31.9 Å². The van der Waals surface area contributed by atoms with E-state index in [1.54, 1.807) is 14.0 Å². The van der Waals surface area contributed by atoms with Crippen LogP contribution in [0.25, 0.3) is 0 Å². The van der Waals surface area contributed by atoms with Gasteiger partial charge in [-0.25, -0.2) is 4.79 Å². The minimum absolute atomic E-state index is 0.283. The van der Waals surface area contributed by atoms with Crippen molar-refractivity contribution in [2.75, 3.05) is 13.6 Å². The summed E-state index contributed by atoms with van der Waals surface area (Å²) in [5.74, 6) is -0.712. The number of likely N-dealkylation sites (N-methyl/N-ethyl adjacent to an activating group) is 1. The van der Waals surface area contributed by atoms with Crippen molar-refractivity contribution in [3.8, 4) is 0 Å². The Balaban J connectivity index is 1.70. The summed E-state index contributed by atoms with van der Waals surface area (Å²) in [6, 6.07) is 14.8. The first-order valence-corrected chi connectivity index (χ1v) is 9.21. The molecule has 0 spiro atoms. The lowest BCUT2D eigenvalue weighted by atomic mass is 9.91. The number of nitrogens with zero attached hydrogens (tertiary/aromatic N) is 2. The monoisotopic (exact) mass is 379 g/mol. The van der Waals surface area contributed by atoms with E-state index in [1.165, 1.54) is 4.90 Å². The minimum atomic E-state index is -1.17. The highest BCUT2D eigenvalue weighted by molar-refractivity contribution is 6.09. The quantitative estimate of drug-likeness (QED) is 0.812. The summed E-state index contributed by atoms with van der Waals surface area (Å²) in [6.45, 7) is 5.75. The average Bonchev–Trinajstić information content (AvgIpc) is 2.88. The molecule has 1 aliphatic rings. The summed E-state index contributed by atoms with van der Waals surface area (Å²) in [5.41, 5.74) is 2.73. The van der Waals surface area contributed by atoms with Crippen LogP contribution in [0.15, 0.2) is 48.5 Å². The molecule has 1 N–H and O–H groups in total. The Kier molecular flexibility index (Phi) is 5.23. The molecule has 0 saturated carbocycles. The highest BCUT2D eigenvalue weighted by atomic mass is 16.2. The fraction of sp³-hybridized carbons (Fsp3) is 0.318. The smallest absolute Gasteiger partial charge is 0.325 e. The van der Waals surface area contributed by atoms with Crippen LogP contribution in [-0.2, 0) is 21.7 Å². The van der Waals surface area contributed by atoms with Gasteiger partial charge in [0.25, 0.3) is 5.91 Å². The van der Waals surface area contributed by atoms with Crippen LogP contribution in [0.5, 0.6) is 0 Å². The van der Waals surface area contributed by atoms with Gasteiger partial charge >= 0.3 is 6.03 Å². The number of nitrogens with one attached hydrogen (secondary N) is 1. The molecule has 6 nitrogen and oxygen atoms in total. The second-order valence-electron chi connectivity index (χ2n) is 7.55. The average molecular weight is 379 g/mol. The SMILES string of the molecule is Cc1ccc(CN(C)C(=O)CN2C(=O)N[C@](C)(c3ccc(C)cc3)C2=O)cc1. The predicted octanol–water partition coefficient (Wildman–Crippen LogP) is 2.73. The molecule has 0 aliphatic carbocycles. The summed E-state index contributed by atoms with van der Waals surface area (Å²) in [6.07, 6.45) is 0. The van der Waals surface area contributed by atoms with E-state index in [9.17, 15) is 14.4 Å². The van der Waals surface area contributed by atoms with Crippen LogP contribution in [0.1, 0.15) is 29.2 Å². The fourth-order valence-corrected chi connectivity index (χ4v) is 3.23. The summed E-state index contributed by atoms with van der Waals surface area (Å²) in [5, 5.41) is 2.73. The van der Waals surface area contributed by atoms with Crippen molar-refractivity contribution in [3.63, 3.8) is 0 Å². The zero-order chi connectivity index (χ0) is 20.5. The maximum atomic E-state index is 12.9. The van der Waals surface area contributed by atoms with E-state index in [1.807, 2.05) is 62.4 Å². The van der Waals surface area contributed by atoms with Crippen LogP contribution in [0.4, 0.5) is 4.79 Å². The van der Waals surface area contributed by atoms with Crippen LogP contribution in [0.2, 0.25) is 0 Å². The highest BCUT2D eigenvalue weighted by Gasteiger charge is 2.49. The molecule has 0 radical (unpaired) electrons. The Morgan fingerprint density at radius 3 is 2.11 bits per heavy atom. The van der Waals surface area contributed by atoms with E-state index < -0.39 is 17.5 Å². The van der Waals surface area contributed by atoms with Crippen LogP contribution in [0.3, 0.4) is 0 Å². The second-order valence-corrected chi connectivity index (χ2v) is 7.55. The lowest BCUT2D eigenvalue weighted by Gasteiger charge is -2.23. The zero-order valence-electron chi connectivity index (χ0n) is 16.7. The van der Waals surface area contributed by atoms with Gasteiger partial charge in [0.05, 0.1) is 0 Å². The molecular formula is C22H25N3O3. The molecule has 1 atom stereocenters. The Bertz CT molecular complexity index is 906. The van der Waals surface area contributed by atoms with E-state index in [2.05, 4.69) is 5.32 Å². The Labute approximate surface area is 165 Å². The van der Waals surface area contributed by atoms with Crippen LogP contribution >= 0.6 is 0 Å². The van der Waals surface area contributed by atoms with E-state index >= 15 is 0 Å². The first kappa shape index (κ1) is 19.6. The van der Waals surface area contributed by atoms with Gasteiger partial charge in [-0.1, -0.05) is 59.7 Å². The van der Waals surface area contributed by atoms with E-state index in [-0.39, 0.29) is 12.5 Å². The normalized spacial score (nSPS) is 18.9. The molecule has 1 aliphatic heterocycles. The molecule has 0 unspecified atom stereocenters. The third-order valence-corrected chi connectivity index (χ3v) is 5.16. The van der Waals surface area contributed by atoms with Crippen LogP contribution in [-0.4, -0.2) is 41.2 Å². The van der Waals surface area contributed by atoms with E-state index in [4.69, 9.17) is 0 Å². The van der Waals surface area contributed by atoms with Crippen molar-refractivity contribution in [2.45, 2.75) is 32.9 Å². The van der Waals surface area contributed by atoms with Gasteiger partial charge in [-0.2, -0.15) is 0 Å². The fourth-order valence-electron chi connectivity index (χ4n) is 3.23. The molecule has 1 heterocycles. The number of benzene rings is 2. The van der Waals surface area contributed by atoms with Crippen molar-refractivity contribution < 1.29 is 14.4 Å². The molecule has 2 aromatic rings. The van der Waals surface area contributed by atoms with Gasteiger partial charge < -0.3 is 10.2 Å². The lowest BCUT2D eigenvalue weighted by Crippen LogP contribution is -2.43. The van der Waals surface area contributed by atoms with Crippen LogP contribution in [0, 0.1) is 13.8 Å². The predicted molar refractivity (Wildman–Crippen MR) is 106 cm³/mol. The Morgan fingerprint density at radius 1 is 1.00 bits per heavy atom. The third-order valence-electron chi connectivity index (χ3n) is 5.16. The minimum Gasteiger partial charge on any atom is -0.340 e. The number of rotatable bonds is 5. The molecule has 0 bridgehead atoms. The van der Waals surface area contributed by atoms with Gasteiger partial charge in [0, 0.05) is 13.6 Å². The summed E-state index contributed by atoms with van der Waals surface area (Å²) in [7, 11) is 1.67.